The van der Waals surface area contributed by atoms with Crippen molar-refractivity contribution in [1.82, 2.24) is 5.32 Å². The number of amides is 1. The van der Waals surface area contributed by atoms with E-state index in [1.165, 1.54) is 12.5 Å². The molecule has 0 aliphatic rings. The van der Waals surface area contributed by atoms with Crippen molar-refractivity contribution in [3.63, 3.8) is 0 Å². The second kappa shape index (κ2) is 7.34. The maximum atomic E-state index is 11.9. The van der Waals surface area contributed by atoms with Crippen LogP contribution in [0.1, 0.15) is 11.3 Å². The van der Waals surface area contributed by atoms with Crippen molar-refractivity contribution in [2.45, 2.75) is 13.5 Å². The number of carbonyl (C=O) groups excluding carboxylic acids is 1. The molecule has 0 fully saturated rings. The molecule has 0 aliphatic carbocycles. The first-order valence-corrected chi connectivity index (χ1v) is 6.92. The Balaban J connectivity index is 2.02. The van der Waals surface area contributed by atoms with Crippen LogP contribution in [0.4, 0.5) is 5.69 Å². The van der Waals surface area contributed by atoms with Gasteiger partial charge in [0.15, 0.2) is 0 Å². The number of hydrogen-bond acceptors (Lipinski definition) is 4. The Morgan fingerprint density at radius 3 is 2.91 bits per heavy atom. The Bertz CT molecular complexity index is 730. The van der Waals surface area contributed by atoms with Crippen molar-refractivity contribution >= 4 is 23.2 Å². The van der Waals surface area contributed by atoms with Crippen molar-refractivity contribution in [2.24, 2.45) is 0 Å². The van der Waals surface area contributed by atoms with E-state index in [1.54, 1.807) is 24.3 Å². The first-order valence-electron chi connectivity index (χ1n) is 6.54. The molecule has 22 heavy (non-hydrogen) atoms. The zero-order chi connectivity index (χ0) is 15.9. The largest absolute Gasteiger partial charge is 0.467 e. The van der Waals surface area contributed by atoms with Gasteiger partial charge in [0.1, 0.15) is 17.4 Å². The standard InChI is InChI=1S/C16H14ClN3O2/c1-11-14(17)5-2-6-15(11)19-9-12(8-18)16(21)20-10-13-4-3-7-22-13/h2-7,9,19H,10H2,1H3,(H,20,21)/b12-9-. The van der Waals surface area contributed by atoms with Gasteiger partial charge in [0, 0.05) is 16.9 Å². The molecule has 112 valence electrons. The fraction of sp³-hybridized carbons (Fsp3) is 0.125. The molecule has 1 amide bonds. The van der Waals surface area contributed by atoms with E-state index < -0.39 is 5.91 Å². The molecule has 1 heterocycles. The van der Waals surface area contributed by atoms with Gasteiger partial charge in [-0.3, -0.25) is 4.79 Å². The van der Waals surface area contributed by atoms with Gasteiger partial charge in [-0.05, 0) is 36.8 Å². The molecule has 0 atom stereocenters. The lowest BCUT2D eigenvalue weighted by Crippen LogP contribution is -2.24. The fourth-order valence-corrected chi connectivity index (χ4v) is 1.91. The summed E-state index contributed by atoms with van der Waals surface area (Å²) < 4.78 is 5.11. The van der Waals surface area contributed by atoms with Gasteiger partial charge in [-0.2, -0.15) is 5.26 Å². The summed E-state index contributed by atoms with van der Waals surface area (Å²) >= 11 is 6.02. The molecule has 0 radical (unpaired) electrons. The number of nitrogens with zero attached hydrogens (tertiary/aromatic N) is 1. The SMILES string of the molecule is Cc1c(Cl)cccc1N/C=C(/C#N)C(=O)NCc1ccco1. The van der Waals surface area contributed by atoms with Crippen molar-refractivity contribution in [1.29, 1.82) is 5.26 Å². The lowest BCUT2D eigenvalue weighted by molar-refractivity contribution is -0.117. The van der Waals surface area contributed by atoms with Gasteiger partial charge in [0.2, 0.25) is 0 Å². The number of benzene rings is 1. The Morgan fingerprint density at radius 1 is 1.41 bits per heavy atom. The zero-order valence-corrected chi connectivity index (χ0v) is 12.6. The number of furan rings is 1. The monoisotopic (exact) mass is 315 g/mol. The van der Waals surface area contributed by atoms with Crippen molar-refractivity contribution < 1.29 is 9.21 Å². The summed E-state index contributed by atoms with van der Waals surface area (Å²) in [5.74, 6) is 0.135. The van der Waals surface area contributed by atoms with E-state index in [2.05, 4.69) is 10.6 Å². The molecule has 0 aliphatic heterocycles. The highest BCUT2D eigenvalue weighted by Crippen LogP contribution is 2.23. The molecule has 2 N–H and O–H groups in total. The molecule has 0 spiro atoms. The number of rotatable bonds is 5. The number of hydrogen-bond donors (Lipinski definition) is 2. The summed E-state index contributed by atoms with van der Waals surface area (Å²) in [6.45, 7) is 2.07. The highest BCUT2D eigenvalue weighted by Gasteiger charge is 2.09. The van der Waals surface area contributed by atoms with Crippen LogP contribution in [-0.2, 0) is 11.3 Å². The molecule has 0 bridgehead atoms. The van der Waals surface area contributed by atoms with Gasteiger partial charge in [0.05, 0.1) is 12.8 Å². The van der Waals surface area contributed by atoms with Crippen LogP contribution in [-0.4, -0.2) is 5.91 Å². The molecule has 0 saturated heterocycles. The molecule has 6 heteroatoms. The minimum absolute atomic E-state index is 0.0362. The molecular formula is C16H14ClN3O2. The van der Waals surface area contributed by atoms with Gasteiger partial charge in [-0.25, -0.2) is 0 Å². The number of nitriles is 1. The highest BCUT2D eigenvalue weighted by molar-refractivity contribution is 6.31. The van der Waals surface area contributed by atoms with Gasteiger partial charge < -0.3 is 15.1 Å². The van der Waals surface area contributed by atoms with E-state index in [-0.39, 0.29) is 12.1 Å². The van der Waals surface area contributed by atoms with Gasteiger partial charge >= 0.3 is 0 Å². The Hall–Kier alpha value is -2.71. The van der Waals surface area contributed by atoms with Crippen LogP contribution in [0.15, 0.2) is 52.8 Å². The van der Waals surface area contributed by atoms with Gasteiger partial charge in [0.25, 0.3) is 5.91 Å². The predicted octanol–water partition coefficient (Wildman–Crippen LogP) is 3.38. The molecule has 5 nitrogen and oxygen atoms in total. The minimum atomic E-state index is -0.480. The van der Waals surface area contributed by atoms with E-state index >= 15 is 0 Å². The number of nitrogens with one attached hydrogen (secondary N) is 2. The van der Waals surface area contributed by atoms with Crippen LogP contribution in [0.5, 0.6) is 0 Å². The van der Waals surface area contributed by atoms with E-state index in [0.717, 1.165) is 11.3 Å². The third-order valence-electron chi connectivity index (χ3n) is 3.01. The fourth-order valence-electron chi connectivity index (χ4n) is 1.74. The summed E-state index contributed by atoms with van der Waals surface area (Å²) in [6, 6.07) is 10.7. The minimum Gasteiger partial charge on any atom is -0.467 e. The summed E-state index contributed by atoms with van der Waals surface area (Å²) in [7, 11) is 0. The van der Waals surface area contributed by atoms with Gasteiger partial charge in [-0.15, -0.1) is 0 Å². The number of carbonyl (C=O) groups is 1. The molecule has 1 aromatic heterocycles. The molecular weight excluding hydrogens is 302 g/mol. The molecule has 0 saturated carbocycles. The van der Waals surface area contributed by atoms with Crippen molar-refractivity contribution in [3.8, 4) is 6.07 Å². The summed E-state index contributed by atoms with van der Waals surface area (Å²) in [5, 5.41) is 15.2. The lowest BCUT2D eigenvalue weighted by atomic mass is 10.2. The number of halogens is 1. The topological polar surface area (TPSA) is 78.1 Å². The first kappa shape index (κ1) is 15.7. The third-order valence-corrected chi connectivity index (χ3v) is 3.42. The van der Waals surface area contributed by atoms with Crippen LogP contribution in [0, 0.1) is 18.3 Å². The van der Waals surface area contributed by atoms with Crippen molar-refractivity contribution in [2.75, 3.05) is 5.32 Å². The van der Waals surface area contributed by atoms with Crippen LogP contribution in [0.25, 0.3) is 0 Å². The smallest absolute Gasteiger partial charge is 0.263 e. The Labute approximate surface area is 133 Å². The maximum absolute atomic E-state index is 11.9. The van der Waals surface area contributed by atoms with Gasteiger partial charge in [-0.1, -0.05) is 17.7 Å². The quantitative estimate of drug-likeness (QED) is 0.655. The maximum Gasteiger partial charge on any atom is 0.263 e. The van der Waals surface area contributed by atoms with E-state index in [0.29, 0.717) is 10.8 Å². The number of anilines is 1. The average molecular weight is 316 g/mol. The second-order valence-corrected chi connectivity index (χ2v) is 4.90. The highest BCUT2D eigenvalue weighted by atomic mass is 35.5. The second-order valence-electron chi connectivity index (χ2n) is 4.49. The zero-order valence-electron chi connectivity index (χ0n) is 11.9. The van der Waals surface area contributed by atoms with Crippen LogP contribution >= 0.6 is 11.6 Å². The lowest BCUT2D eigenvalue weighted by Gasteiger charge is -2.07. The summed E-state index contributed by atoms with van der Waals surface area (Å²) in [4.78, 5) is 11.9. The predicted molar refractivity (Wildman–Crippen MR) is 84.1 cm³/mol. The van der Waals surface area contributed by atoms with E-state index in [9.17, 15) is 4.79 Å². The molecule has 2 rings (SSSR count). The summed E-state index contributed by atoms with van der Waals surface area (Å²) in [6.07, 6.45) is 2.88. The molecule has 2 aromatic rings. The Kier molecular flexibility index (Phi) is 5.23. The summed E-state index contributed by atoms with van der Waals surface area (Å²) in [5.41, 5.74) is 1.54. The normalized spacial score (nSPS) is 10.9. The molecule has 0 unspecified atom stereocenters. The van der Waals surface area contributed by atoms with Crippen LogP contribution in [0.2, 0.25) is 5.02 Å². The Morgan fingerprint density at radius 2 is 2.23 bits per heavy atom. The average Bonchev–Trinajstić information content (AvgIpc) is 3.03. The van der Waals surface area contributed by atoms with Crippen LogP contribution < -0.4 is 10.6 Å². The first-order chi connectivity index (χ1) is 10.6. The van der Waals surface area contributed by atoms with E-state index in [4.69, 9.17) is 21.3 Å². The van der Waals surface area contributed by atoms with E-state index in [1.807, 2.05) is 19.1 Å². The van der Waals surface area contributed by atoms with Crippen LogP contribution in [0.3, 0.4) is 0 Å². The molecule has 1 aromatic carbocycles. The van der Waals surface area contributed by atoms with Crippen molar-refractivity contribution in [3.05, 3.63) is 64.7 Å². The third kappa shape index (κ3) is 3.90.